The summed E-state index contributed by atoms with van der Waals surface area (Å²) < 4.78 is 15.9. The molecule has 3 amide bonds. The highest BCUT2D eigenvalue weighted by molar-refractivity contribution is 6.04. The number of carbonyl (C=O) groups is 2. The third kappa shape index (κ3) is 7.49. The summed E-state index contributed by atoms with van der Waals surface area (Å²) in [5, 5.41) is 8.55. The van der Waals surface area contributed by atoms with E-state index in [0.717, 1.165) is 45.0 Å². The van der Waals surface area contributed by atoms with Crippen LogP contribution in [-0.2, 0) is 4.74 Å². The van der Waals surface area contributed by atoms with Crippen molar-refractivity contribution in [2.45, 2.75) is 6.42 Å². The molecule has 35 heavy (non-hydrogen) atoms. The molecule has 0 aromatic heterocycles. The van der Waals surface area contributed by atoms with Crippen LogP contribution < -0.4 is 30.3 Å². The van der Waals surface area contributed by atoms with Gasteiger partial charge < -0.3 is 35.1 Å². The van der Waals surface area contributed by atoms with Crippen molar-refractivity contribution in [1.29, 1.82) is 0 Å². The molecule has 0 unspecified atom stereocenters. The number of amides is 3. The molecule has 1 aliphatic heterocycles. The van der Waals surface area contributed by atoms with E-state index >= 15 is 0 Å². The van der Waals surface area contributed by atoms with Crippen molar-refractivity contribution in [1.82, 2.24) is 10.2 Å². The molecule has 1 aliphatic rings. The van der Waals surface area contributed by atoms with Gasteiger partial charge in [-0.25, -0.2) is 4.79 Å². The van der Waals surface area contributed by atoms with Gasteiger partial charge >= 0.3 is 6.03 Å². The number of hydrogen-bond acceptors (Lipinski definition) is 7. The van der Waals surface area contributed by atoms with Gasteiger partial charge in [-0.1, -0.05) is 0 Å². The van der Waals surface area contributed by atoms with Crippen LogP contribution in [0.15, 0.2) is 36.4 Å². The molecule has 1 saturated heterocycles. The van der Waals surface area contributed by atoms with Gasteiger partial charge in [-0.2, -0.15) is 0 Å². The summed E-state index contributed by atoms with van der Waals surface area (Å²) in [4.78, 5) is 29.8. The van der Waals surface area contributed by atoms with Gasteiger partial charge in [-0.15, -0.1) is 0 Å². The zero-order chi connectivity index (χ0) is 25.2. The lowest BCUT2D eigenvalue weighted by Gasteiger charge is -2.26. The predicted molar refractivity (Wildman–Crippen MR) is 137 cm³/mol. The number of methoxy groups -OCH3 is 2. The highest BCUT2D eigenvalue weighted by Gasteiger charge is 2.16. The molecule has 3 N–H and O–H groups in total. The molecule has 0 bridgehead atoms. The first kappa shape index (κ1) is 26.1. The standard InChI is InChI=1S/C25H35N5O5/c1-29(2)22-9-6-18(27-25(32)28-21-8-7-19(33-3)17-23(21)34-4)16-20(22)24(31)26-10-5-11-30-12-14-35-15-13-30/h6-9,16-17H,5,10-15H2,1-4H3,(H,26,31)(H2,27,28,32). The zero-order valence-electron chi connectivity index (χ0n) is 20.8. The van der Waals surface area contributed by atoms with Crippen LogP contribution in [0.1, 0.15) is 16.8 Å². The van der Waals surface area contributed by atoms with Crippen LogP contribution in [0, 0.1) is 0 Å². The van der Waals surface area contributed by atoms with Gasteiger partial charge in [-0.3, -0.25) is 9.69 Å². The maximum Gasteiger partial charge on any atom is 0.323 e. The molecule has 0 atom stereocenters. The quantitative estimate of drug-likeness (QED) is 0.445. The van der Waals surface area contributed by atoms with Crippen molar-refractivity contribution in [3.63, 3.8) is 0 Å². The van der Waals surface area contributed by atoms with Crippen LogP contribution >= 0.6 is 0 Å². The van der Waals surface area contributed by atoms with E-state index in [0.29, 0.717) is 35.0 Å². The number of urea groups is 1. The Bertz CT molecular complexity index is 1010. The smallest absolute Gasteiger partial charge is 0.323 e. The Morgan fingerprint density at radius 1 is 1.03 bits per heavy atom. The molecule has 1 heterocycles. The highest BCUT2D eigenvalue weighted by atomic mass is 16.5. The number of ether oxygens (including phenoxy) is 3. The lowest BCUT2D eigenvalue weighted by atomic mass is 10.1. The van der Waals surface area contributed by atoms with E-state index in [1.54, 1.807) is 37.4 Å². The highest BCUT2D eigenvalue weighted by Crippen LogP contribution is 2.29. The zero-order valence-corrected chi connectivity index (χ0v) is 20.8. The molecule has 190 valence electrons. The molecule has 10 heteroatoms. The molecular formula is C25H35N5O5. The Balaban J connectivity index is 1.62. The maximum absolute atomic E-state index is 13.0. The number of nitrogens with one attached hydrogen (secondary N) is 3. The Hall–Kier alpha value is -3.50. The number of hydrogen-bond donors (Lipinski definition) is 3. The second kappa shape index (κ2) is 12.8. The number of rotatable bonds is 10. The minimum Gasteiger partial charge on any atom is -0.497 e. The predicted octanol–water partition coefficient (Wildman–Crippen LogP) is 2.87. The van der Waals surface area contributed by atoms with E-state index in [-0.39, 0.29) is 5.91 Å². The summed E-state index contributed by atoms with van der Waals surface area (Å²) in [5.41, 5.74) is 2.24. The fourth-order valence-corrected chi connectivity index (χ4v) is 3.80. The van der Waals surface area contributed by atoms with Crippen LogP contribution in [0.4, 0.5) is 21.9 Å². The van der Waals surface area contributed by atoms with Crippen molar-refractivity contribution >= 4 is 29.0 Å². The monoisotopic (exact) mass is 485 g/mol. The van der Waals surface area contributed by atoms with E-state index in [4.69, 9.17) is 14.2 Å². The Labute approximate surface area is 206 Å². The first-order chi connectivity index (χ1) is 16.9. The number of anilines is 3. The van der Waals surface area contributed by atoms with Gasteiger partial charge in [0.2, 0.25) is 0 Å². The third-order valence-electron chi connectivity index (χ3n) is 5.68. The van der Waals surface area contributed by atoms with Gasteiger partial charge in [-0.05, 0) is 43.3 Å². The van der Waals surface area contributed by atoms with Gasteiger partial charge in [0.1, 0.15) is 11.5 Å². The van der Waals surface area contributed by atoms with Crippen LogP contribution in [-0.4, -0.2) is 84.5 Å². The van der Waals surface area contributed by atoms with Gasteiger partial charge in [0, 0.05) is 51.2 Å². The Morgan fingerprint density at radius 2 is 1.80 bits per heavy atom. The number of carbonyl (C=O) groups excluding carboxylic acids is 2. The molecule has 0 spiro atoms. The summed E-state index contributed by atoms with van der Waals surface area (Å²) >= 11 is 0. The fraction of sp³-hybridized carbons (Fsp3) is 0.440. The largest absolute Gasteiger partial charge is 0.497 e. The molecule has 10 nitrogen and oxygen atoms in total. The molecule has 0 saturated carbocycles. The van der Waals surface area contributed by atoms with Gasteiger partial charge in [0.05, 0.1) is 38.7 Å². The second-order valence-corrected chi connectivity index (χ2v) is 8.34. The molecule has 2 aromatic carbocycles. The minimum absolute atomic E-state index is 0.184. The van der Waals surface area contributed by atoms with Crippen LogP contribution in [0.5, 0.6) is 11.5 Å². The number of morpholine rings is 1. The van der Waals surface area contributed by atoms with Crippen molar-refractivity contribution in [2.75, 3.05) is 83.2 Å². The SMILES string of the molecule is COc1ccc(NC(=O)Nc2ccc(N(C)C)c(C(=O)NCCCN3CCOCC3)c2)c(OC)c1. The van der Waals surface area contributed by atoms with E-state index < -0.39 is 6.03 Å². The summed E-state index contributed by atoms with van der Waals surface area (Å²) in [6.45, 7) is 4.86. The average molecular weight is 486 g/mol. The summed E-state index contributed by atoms with van der Waals surface area (Å²) in [6, 6.07) is 9.90. The molecular weight excluding hydrogens is 450 g/mol. The summed E-state index contributed by atoms with van der Waals surface area (Å²) in [5.74, 6) is 0.906. The summed E-state index contributed by atoms with van der Waals surface area (Å²) in [7, 11) is 6.83. The Morgan fingerprint density at radius 3 is 2.49 bits per heavy atom. The second-order valence-electron chi connectivity index (χ2n) is 8.34. The third-order valence-corrected chi connectivity index (χ3v) is 5.68. The maximum atomic E-state index is 13.0. The van der Waals surface area contributed by atoms with Crippen LogP contribution in [0.2, 0.25) is 0 Å². The van der Waals surface area contributed by atoms with Crippen molar-refractivity contribution in [2.24, 2.45) is 0 Å². The molecule has 0 radical (unpaired) electrons. The first-order valence-corrected chi connectivity index (χ1v) is 11.6. The van der Waals surface area contributed by atoms with Crippen molar-refractivity contribution in [3.05, 3.63) is 42.0 Å². The summed E-state index contributed by atoms with van der Waals surface area (Å²) in [6.07, 6.45) is 0.854. The van der Waals surface area contributed by atoms with Crippen LogP contribution in [0.25, 0.3) is 0 Å². The molecule has 3 rings (SSSR count). The van der Waals surface area contributed by atoms with E-state index in [2.05, 4.69) is 20.9 Å². The minimum atomic E-state index is -0.456. The lowest BCUT2D eigenvalue weighted by molar-refractivity contribution is 0.0374. The van der Waals surface area contributed by atoms with Gasteiger partial charge in [0.25, 0.3) is 5.91 Å². The van der Waals surface area contributed by atoms with Crippen molar-refractivity contribution in [3.8, 4) is 11.5 Å². The average Bonchev–Trinajstić information content (AvgIpc) is 2.87. The lowest BCUT2D eigenvalue weighted by Crippen LogP contribution is -2.38. The number of nitrogens with zero attached hydrogens (tertiary/aromatic N) is 2. The van der Waals surface area contributed by atoms with Gasteiger partial charge in [0.15, 0.2) is 0 Å². The van der Waals surface area contributed by atoms with E-state index in [9.17, 15) is 9.59 Å². The molecule has 2 aromatic rings. The van der Waals surface area contributed by atoms with E-state index in [1.165, 1.54) is 7.11 Å². The fourth-order valence-electron chi connectivity index (χ4n) is 3.80. The molecule has 0 aliphatic carbocycles. The topological polar surface area (TPSA) is 104 Å². The van der Waals surface area contributed by atoms with Crippen LogP contribution in [0.3, 0.4) is 0 Å². The Kier molecular flexibility index (Phi) is 9.56. The normalized spacial score (nSPS) is 13.6. The van der Waals surface area contributed by atoms with E-state index in [1.807, 2.05) is 25.1 Å². The molecule has 1 fully saturated rings. The van der Waals surface area contributed by atoms with Crippen molar-refractivity contribution < 1.29 is 23.8 Å². The first-order valence-electron chi connectivity index (χ1n) is 11.6. The number of benzene rings is 2.